The first-order valence-corrected chi connectivity index (χ1v) is 7.83. The van der Waals surface area contributed by atoms with Gasteiger partial charge in [-0.25, -0.2) is 0 Å². The lowest BCUT2D eigenvalue weighted by atomic mass is 10.1. The molecular weight excluding hydrogens is 340 g/mol. The molecule has 7 heteroatoms. The Morgan fingerprint density at radius 3 is 2.48 bits per heavy atom. The Labute approximate surface area is 148 Å². The summed E-state index contributed by atoms with van der Waals surface area (Å²) in [6.07, 6.45) is 1.55. The Morgan fingerprint density at radius 1 is 1.04 bits per heavy atom. The van der Waals surface area contributed by atoms with Gasteiger partial charge in [0.2, 0.25) is 0 Å². The van der Waals surface area contributed by atoms with Crippen molar-refractivity contribution in [3.63, 3.8) is 0 Å². The third kappa shape index (κ3) is 4.27. The van der Waals surface area contributed by atoms with Crippen LogP contribution in [0.4, 0.5) is 0 Å². The van der Waals surface area contributed by atoms with E-state index in [1.54, 1.807) is 18.3 Å². The summed E-state index contributed by atoms with van der Waals surface area (Å²) in [6.45, 7) is -0.448. The molecule has 0 saturated carbocycles. The van der Waals surface area contributed by atoms with Crippen LogP contribution in [0.3, 0.4) is 0 Å². The van der Waals surface area contributed by atoms with Crippen molar-refractivity contribution < 1.29 is 19.4 Å². The maximum atomic E-state index is 11.9. The monoisotopic (exact) mass is 354 g/mol. The average Bonchev–Trinajstić information content (AvgIpc) is 2.61. The van der Waals surface area contributed by atoms with Gasteiger partial charge in [-0.3, -0.25) is 14.6 Å². The lowest BCUT2D eigenvalue weighted by Crippen LogP contribution is -2.29. The second kappa shape index (κ2) is 7.23. The number of hydrogen-bond donors (Lipinski definition) is 3. The SMILES string of the molecule is O=C(O)CNC(=O)c1cc2ccc(Oc3ccc(S)cc3)cc2cn1. The molecule has 2 N–H and O–H groups in total. The van der Waals surface area contributed by atoms with E-state index in [0.29, 0.717) is 11.5 Å². The third-order valence-electron chi connectivity index (χ3n) is 3.40. The number of carbonyl (C=O) groups is 2. The zero-order chi connectivity index (χ0) is 17.8. The van der Waals surface area contributed by atoms with E-state index in [4.69, 9.17) is 9.84 Å². The van der Waals surface area contributed by atoms with Gasteiger partial charge in [0.1, 0.15) is 23.7 Å². The molecule has 2 aromatic carbocycles. The van der Waals surface area contributed by atoms with Gasteiger partial charge >= 0.3 is 5.97 Å². The van der Waals surface area contributed by atoms with Gasteiger partial charge in [-0.1, -0.05) is 6.07 Å². The average molecular weight is 354 g/mol. The molecule has 0 unspecified atom stereocenters. The number of nitrogens with one attached hydrogen (secondary N) is 1. The highest BCUT2D eigenvalue weighted by Gasteiger charge is 2.10. The Bertz CT molecular complexity index is 941. The van der Waals surface area contributed by atoms with Crippen LogP contribution in [0.5, 0.6) is 11.5 Å². The van der Waals surface area contributed by atoms with Crippen molar-refractivity contribution in [2.45, 2.75) is 4.90 Å². The molecule has 0 aliphatic rings. The number of benzene rings is 2. The zero-order valence-electron chi connectivity index (χ0n) is 13.0. The Morgan fingerprint density at radius 2 is 1.76 bits per heavy atom. The van der Waals surface area contributed by atoms with Gasteiger partial charge in [-0.2, -0.15) is 0 Å². The van der Waals surface area contributed by atoms with Crippen molar-refractivity contribution in [2.75, 3.05) is 6.54 Å². The second-order valence-electron chi connectivity index (χ2n) is 5.25. The van der Waals surface area contributed by atoms with Crippen molar-refractivity contribution in [3.8, 4) is 11.5 Å². The van der Waals surface area contributed by atoms with Crippen LogP contribution in [0.15, 0.2) is 59.6 Å². The van der Waals surface area contributed by atoms with E-state index in [1.165, 1.54) is 0 Å². The summed E-state index contributed by atoms with van der Waals surface area (Å²) in [6, 6.07) is 14.3. The lowest BCUT2D eigenvalue weighted by Gasteiger charge is -2.08. The molecule has 126 valence electrons. The van der Waals surface area contributed by atoms with Crippen LogP contribution >= 0.6 is 12.6 Å². The minimum Gasteiger partial charge on any atom is -0.480 e. The standard InChI is InChI=1S/C18H14N2O4S/c21-17(22)10-20-18(23)16-8-11-1-2-14(7-12(11)9-19-16)24-13-3-5-15(25)6-4-13/h1-9,25H,10H2,(H,20,23)(H,21,22). The number of hydrogen-bond acceptors (Lipinski definition) is 5. The molecule has 0 saturated heterocycles. The van der Waals surface area contributed by atoms with E-state index in [0.717, 1.165) is 15.7 Å². The molecule has 0 bridgehead atoms. The topological polar surface area (TPSA) is 88.5 Å². The number of carboxylic acids is 1. The van der Waals surface area contributed by atoms with Gasteiger partial charge in [-0.15, -0.1) is 12.6 Å². The van der Waals surface area contributed by atoms with Gasteiger partial charge < -0.3 is 15.2 Å². The minimum atomic E-state index is -1.11. The molecule has 1 amide bonds. The molecule has 0 aliphatic carbocycles. The van der Waals surface area contributed by atoms with E-state index >= 15 is 0 Å². The van der Waals surface area contributed by atoms with Gasteiger partial charge in [0, 0.05) is 16.5 Å². The number of rotatable bonds is 5. The molecular formula is C18H14N2O4S. The first-order chi connectivity index (χ1) is 12.0. The van der Waals surface area contributed by atoms with Crippen LogP contribution in [-0.2, 0) is 4.79 Å². The molecule has 3 aromatic rings. The summed E-state index contributed by atoms with van der Waals surface area (Å²) in [5, 5.41) is 12.5. The number of amides is 1. The molecule has 25 heavy (non-hydrogen) atoms. The highest BCUT2D eigenvalue weighted by atomic mass is 32.1. The van der Waals surface area contributed by atoms with Crippen molar-refractivity contribution in [2.24, 2.45) is 0 Å². The molecule has 0 fully saturated rings. The number of carboxylic acid groups (broad SMARTS) is 1. The summed E-state index contributed by atoms with van der Waals surface area (Å²) in [5.74, 6) is -0.308. The number of nitrogens with zero attached hydrogens (tertiary/aromatic N) is 1. The summed E-state index contributed by atoms with van der Waals surface area (Å²) in [4.78, 5) is 27.3. The largest absolute Gasteiger partial charge is 0.480 e. The van der Waals surface area contributed by atoms with Crippen molar-refractivity contribution in [1.29, 1.82) is 0 Å². The molecule has 6 nitrogen and oxygen atoms in total. The van der Waals surface area contributed by atoms with Crippen LogP contribution in [0.25, 0.3) is 10.8 Å². The fraction of sp³-hybridized carbons (Fsp3) is 0.0556. The first kappa shape index (κ1) is 16.8. The van der Waals surface area contributed by atoms with Gasteiger partial charge in [-0.05, 0) is 47.9 Å². The fourth-order valence-corrected chi connectivity index (χ4v) is 2.35. The number of fused-ring (bicyclic) bond motifs is 1. The van der Waals surface area contributed by atoms with Gasteiger partial charge in [0.15, 0.2) is 0 Å². The minimum absolute atomic E-state index is 0.159. The van der Waals surface area contributed by atoms with Crippen LogP contribution < -0.4 is 10.1 Å². The van der Waals surface area contributed by atoms with Crippen LogP contribution in [-0.4, -0.2) is 28.5 Å². The molecule has 1 aromatic heterocycles. The van der Waals surface area contributed by atoms with Crippen molar-refractivity contribution in [3.05, 3.63) is 60.4 Å². The molecule has 0 radical (unpaired) electrons. The maximum absolute atomic E-state index is 11.9. The van der Waals surface area contributed by atoms with E-state index < -0.39 is 18.4 Å². The number of aliphatic carboxylic acids is 1. The van der Waals surface area contributed by atoms with E-state index in [9.17, 15) is 9.59 Å². The Kier molecular flexibility index (Phi) is 4.85. The van der Waals surface area contributed by atoms with E-state index in [-0.39, 0.29) is 5.69 Å². The molecule has 3 rings (SSSR count). The van der Waals surface area contributed by atoms with Crippen molar-refractivity contribution in [1.82, 2.24) is 10.3 Å². The lowest BCUT2D eigenvalue weighted by molar-refractivity contribution is -0.135. The molecule has 1 heterocycles. The summed E-state index contributed by atoms with van der Waals surface area (Å²) in [7, 11) is 0. The number of thiol groups is 1. The highest BCUT2D eigenvalue weighted by Crippen LogP contribution is 2.26. The quantitative estimate of drug-likeness (QED) is 0.613. The van der Waals surface area contributed by atoms with Crippen LogP contribution in [0.1, 0.15) is 10.5 Å². The van der Waals surface area contributed by atoms with Gasteiger partial charge in [0.25, 0.3) is 5.91 Å². The fourth-order valence-electron chi connectivity index (χ4n) is 2.20. The first-order valence-electron chi connectivity index (χ1n) is 7.38. The smallest absolute Gasteiger partial charge is 0.322 e. The second-order valence-corrected chi connectivity index (χ2v) is 5.77. The Balaban J connectivity index is 1.79. The summed E-state index contributed by atoms with van der Waals surface area (Å²) < 4.78 is 5.78. The number of pyridine rings is 1. The van der Waals surface area contributed by atoms with Crippen molar-refractivity contribution >= 4 is 35.3 Å². The predicted molar refractivity (Wildman–Crippen MR) is 95.5 cm³/mol. The summed E-state index contributed by atoms with van der Waals surface area (Å²) >= 11 is 4.23. The van der Waals surface area contributed by atoms with E-state index in [2.05, 4.69) is 22.9 Å². The highest BCUT2D eigenvalue weighted by molar-refractivity contribution is 7.80. The molecule has 0 aliphatic heterocycles. The number of carbonyl (C=O) groups excluding carboxylic acids is 1. The van der Waals surface area contributed by atoms with Gasteiger partial charge in [0.05, 0.1) is 0 Å². The summed E-state index contributed by atoms with van der Waals surface area (Å²) in [5.41, 5.74) is 0.159. The Hall–Kier alpha value is -3.06. The van der Waals surface area contributed by atoms with E-state index in [1.807, 2.05) is 36.4 Å². The number of ether oxygens (including phenoxy) is 1. The predicted octanol–water partition coefficient (Wildman–Crippen LogP) is 3.13. The molecule has 0 spiro atoms. The normalized spacial score (nSPS) is 10.4. The maximum Gasteiger partial charge on any atom is 0.322 e. The molecule has 0 atom stereocenters. The zero-order valence-corrected chi connectivity index (χ0v) is 13.9. The van der Waals surface area contributed by atoms with Crippen LogP contribution in [0.2, 0.25) is 0 Å². The number of aromatic nitrogens is 1. The van der Waals surface area contributed by atoms with Crippen LogP contribution in [0, 0.1) is 0 Å². The third-order valence-corrected chi connectivity index (χ3v) is 3.70.